The molecule has 3 fully saturated rings. The summed E-state index contributed by atoms with van der Waals surface area (Å²) in [5.41, 5.74) is 0. The molecule has 4 atom stereocenters. The smallest absolute Gasteiger partial charge is 0.308 e. The molecule has 0 spiro atoms. The molecule has 4 heteroatoms. The van der Waals surface area contributed by atoms with Gasteiger partial charge in [0.25, 0.3) is 0 Å². The highest BCUT2D eigenvalue weighted by atomic mass is 16.5. The van der Waals surface area contributed by atoms with Crippen LogP contribution in [0.15, 0.2) is 0 Å². The molecule has 3 saturated heterocycles. The second-order valence-electron chi connectivity index (χ2n) is 5.66. The minimum Gasteiger partial charge on any atom is -0.481 e. The summed E-state index contributed by atoms with van der Waals surface area (Å²) in [6.45, 7) is 1.84. The summed E-state index contributed by atoms with van der Waals surface area (Å²) in [6, 6.07) is 0.787. The van der Waals surface area contributed by atoms with E-state index < -0.39 is 5.97 Å². The fourth-order valence-corrected chi connectivity index (χ4v) is 3.84. The molecule has 0 saturated carbocycles. The first-order chi connectivity index (χ1) is 8.25. The van der Waals surface area contributed by atoms with E-state index in [2.05, 4.69) is 4.90 Å². The zero-order valence-corrected chi connectivity index (χ0v) is 10.2. The Bertz CT molecular complexity index is 301. The Kier molecular flexibility index (Phi) is 3.09. The molecule has 1 N–H and O–H groups in total. The minimum absolute atomic E-state index is 0.127. The van der Waals surface area contributed by atoms with E-state index in [9.17, 15) is 9.90 Å². The monoisotopic (exact) mass is 239 g/mol. The average molecular weight is 239 g/mol. The largest absolute Gasteiger partial charge is 0.481 e. The van der Waals surface area contributed by atoms with Crippen LogP contribution >= 0.6 is 0 Å². The van der Waals surface area contributed by atoms with Crippen molar-refractivity contribution in [1.29, 1.82) is 0 Å². The van der Waals surface area contributed by atoms with Crippen molar-refractivity contribution in [1.82, 2.24) is 4.90 Å². The zero-order valence-electron chi connectivity index (χ0n) is 10.2. The molecule has 3 heterocycles. The van der Waals surface area contributed by atoms with Gasteiger partial charge in [0.15, 0.2) is 0 Å². The molecule has 4 unspecified atom stereocenters. The van der Waals surface area contributed by atoms with E-state index in [1.54, 1.807) is 0 Å². The third kappa shape index (κ3) is 2.08. The first-order valence-electron chi connectivity index (χ1n) is 6.86. The van der Waals surface area contributed by atoms with E-state index in [0.717, 1.165) is 32.4 Å². The van der Waals surface area contributed by atoms with Crippen LogP contribution in [0, 0.1) is 5.92 Å². The van der Waals surface area contributed by atoms with Crippen LogP contribution in [0.2, 0.25) is 0 Å². The average Bonchev–Trinajstić information content (AvgIpc) is 2.88. The summed E-state index contributed by atoms with van der Waals surface area (Å²) in [5.74, 6) is -0.732. The van der Waals surface area contributed by atoms with E-state index in [1.807, 2.05) is 0 Å². The minimum atomic E-state index is -0.605. The third-order valence-corrected chi connectivity index (χ3v) is 4.69. The van der Waals surface area contributed by atoms with Gasteiger partial charge in [-0.1, -0.05) is 0 Å². The second kappa shape index (κ2) is 4.58. The summed E-state index contributed by atoms with van der Waals surface area (Å²) >= 11 is 0. The molecule has 0 aromatic heterocycles. The normalized spacial score (nSPS) is 41.9. The Hall–Kier alpha value is -0.610. The summed E-state index contributed by atoms with van der Waals surface area (Å²) in [7, 11) is 0. The molecular weight excluding hydrogens is 218 g/mol. The molecule has 96 valence electrons. The van der Waals surface area contributed by atoms with E-state index in [-0.39, 0.29) is 12.0 Å². The highest BCUT2D eigenvalue weighted by molar-refractivity contribution is 5.71. The Balaban J connectivity index is 1.62. The van der Waals surface area contributed by atoms with Crippen LogP contribution in [0.25, 0.3) is 0 Å². The van der Waals surface area contributed by atoms with Crippen LogP contribution < -0.4 is 0 Å². The van der Waals surface area contributed by atoms with Gasteiger partial charge in [0.1, 0.15) is 0 Å². The number of hydrogen-bond donors (Lipinski definition) is 1. The number of carboxylic acid groups (broad SMARTS) is 1. The van der Waals surface area contributed by atoms with E-state index >= 15 is 0 Å². The maximum atomic E-state index is 11.2. The van der Waals surface area contributed by atoms with Crippen molar-refractivity contribution in [3.8, 4) is 0 Å². The Morgan fingerprint density at radius 1 is 1.29 bits per heavy atom. The first kappa shape index (κ1) is 11.5. The number of hydrogen-bond acceptors (Lipinski definition) is 3. The molecule has 0 amide bonds. The molecule has 3 rings (SSSR count). The van der Waals surface area contributed by atoms with Crippen molar-refractivity contribution in [3.63, 3.8) is 0 Å². The maximum absolute atomic E-state index is 11.2. The number of aliphatic carboxylic acids is 1. The molecular formula is C13H21NO3. The van der Waals surface area contributed by atoms with Gasteiger partial charge in [-0.05, 0) is 38.5 Å². The number of fused-ring (bicyclic) bond motifs is 2. The number of carbonyl (C=O) groups is 1. The molecule has 0 aromatic carbocycles. The molecule has 2 bridgehead atoms. The van der Waals surface area contributed by atoms with Crippen molar-refractivity contribution in [3.05, 3.63) is 0 Å². The summed E-state index contributed by atoms with van der Waals surface area (Å²) < 4.78 is 5.77. The summed E-state index contributed by atoms with van der Waals surface area (Å²) in [4.78, 5) is 13.6. The van der Waals surface area contributed by atoms with E-state index in [4.69, 9.17) is 4.74 Å². The van der Waals surface area contributed by atoms with Gasteiger partial charge in [0.2, 0.25) is 0 Å². The summed E-state index contributed by atoms with van der Waals surface area (Å²) in [6.07, 6.45) is 7.03. The quantitative estimate of drug-likeness (QED) is 0.810. The summed E-state index contributed by atoms with van der Waals surface area (Å²) in [5, 5.41) is 9.20. The number of nitrogens with zero attached hydrogens (tertiary/aromatic N) is 1. The number of rotatable bonds is 3. The van der Waals surface area contributed by atoms with Crippen LogP contribution in [0.5, 0.6) is 0 Å². The van der Waals surface area contributed by atoms with Gasteiger partial charge in [-0.3, -0.25) is 9.69 Å². The lowest BCUT2D eigenvalue weighted by Crippen LogP contribution is -2.40. The fourth-order valence-electron chi connectivity index (χ4n) is 3.84. The van der Waals surface area contributed by atoms with Crippen molar-refractivity contribution in [2.24, 2.45) is 5.92 Å². The molecule has 4 nitrogen and oxygen atoms in total. The van der Waals surface area contributed by atoms with Crippen molar-refractivity contribution < 1.29 is 14.6 Å². The molecule has 3 aliphatic rings. The van der Waals surface area contributed by atoms with E-state index in [1.165, 1.54) is 19.3 Å². The van der Waals surface area contributed by atoms with Crippen molar-refractivity contribution >= 4 is 5.97 Å². The molecule has 3 aliphatic heterocycles. The lowest BCUT2D eigenvalue weighted by molar-refractivity contribution is -0.142. The lowest BCUT2D eigenvalue weighted by atomic mass is 9.89. The molecule has 0 radical (unpaired) electrons. The Labute approximate surface area is 102 Å². The van der Waals surface area contributed by atoms with Crippen molar-refractivity contribution in [2.45, 2.75) is 56.7 Å². The predicted octanol–water partition coefficient (Wildman–Crippen LogP) is 1.49. The van der Waals surface area contributed by atoms with Gasteiger partial charge in [-0.2, -0.15) is 0 Å². The highest BCUT2D eigenvalue weighted by Gasteiger charge is 2.49. The standard InChI is InChI=1S/C13H21NO3/c15-13(16)11-7-9-4-5-12(11)14(9)8-10-3-1-2-6-17-10/h9-12H,1-8H2,(H,15,16). The highest BCUT2D eigenvalue weighted by Crippen LogP contribution is 2.42. The van der Waals surface area contributed by atoms with Gasteiger partial charge in [0.05, 0.1) is 12.0 Å². The topological polar surface area (TPSA) is 49.8 Å². The van der Waals surface area contributed by atoms with Gasteiger partial charge < -0.3 is 9.84 Å². The fraction of sp³-hybridized carbons (Fsp3) is 0.923. The SMILES string of the molecule is O=C(O)C1CC2CCC1N2CC1CCCCO1. The van der Waals surface area contributed by atoms with Crippen molar-refractivity contribution in [2.75, 3.05) is 13.2 Å². The molecule has 0 aromatic rings. The predicted molar refractivity (Wildman–Crippen MR) is 62.8 cm³/mol. The maximum Gasteiger partial charge on any atom is 0.308 e. The van der Waals surface area contributed by atoms with Gasteiger partial charge >= 0.3 is 5.97 Å². The number of ether oxygens (including phenoxy) is 1. The van der Waals surface area contributed by atoms with Crippen LogP contribution in [-0.2, 0) is 9.53 Å². The van der Waals surface area contributed by atoms with Gasteiger partial charge in [-0.15, -0.1) is 0 Å². The first-order valence-corrected chi connectivity index (χ1v) is 6.86. The zero-order chi connectivity index (χ0) is 11.8. The number of carboxylic acids is 1. The second-order valence-corrected chi connectivity index (χ2v) is 5.66. The Morgan fingerprint density at radius 3 is 2.82 bits per heavy atom. The van der Waals surface area contributed by atoms with Crippen LogP contribution in [0.1, 0.15) is 38.5 Å². The lowest BCUT2D eigenvalue weighted by Gasteiger charge is -2.30. The molecule has 17 heavy (non-hydrogen) atoms. The van der Waals surface area contributed by atoms with Gasteiger partial charge in [-0.25, -0.2) is 0 Å². The van der Waals surface area contributed by atoms with Gasteiger partial charge in [0, 0.05) is 25.2 Å². The van der Waals surface area contributed by atoms with E-state index in [0.29, 0.717) is 12.1 Å². The Morgan fingerprint density at radius 2 is 2.18 bits per heavy atom. The van der Waals surface area contributed by atoms with Crippen LogP contribution in [0.3, 0.4) is 0 Å². The molecule has 0 aliphatic carbocycles. The third-order valence-electron chi connectivity index (χ3n) is 4.69. The van der Waals surface area contributed by atoms with Crippen LogP contribution in [0.4, 0.5) is 0 Å². The van der Waals surface area contributed by atoms with Crippen LogP contribution in [-0.4, -0.2) is 47.3 Å².